The van der Waals surface area contributed by atoms with Gasteiger partial charge in [-0.1, -0.05) is 0 Å². The van der Waals surface area contributed by atoms with Crippen molar-refractivity contribution in [1.82, 2.24) is 14.9 Å². The molecule has 2 N–H and O–H groups in total. The Morgan fingerprint density at radius 1 is 1.35 bits per heavy atom. The van der Waals surface area contributed by atoms with E-state index in [-0.39, 0.29) is 0 Å². The third-order valence-corrected chi connectivity index (χ3v) is 4.77. The number of aromatic nitrogens is 2. The second-order valence-electron chi connectivity index (χ2n) is 5.45. The lowest BCUT2D eigenvalue weighted by molar-refractivity contribution is 0.346. The first-order chi connectivity index (χ1) is 9.63. The summed E-state index contributed by atoms with van der Waals surface area (Å²) in [6.07, 6.45) is 2.66. The number of nitrogens with two attached hydrogens (primary N) is 1. The molecule has 2 aromatic rings. The van der Waals surface area contributed by atoms with Gasteiger partial charge in [-0.2, -0.15) is 4.98 Å². The maximum atomic E-state index is 5.84. The van der Waals surface area contributed by atoms with Gasteiger partial charge in [-0.25, -0.2) is 4.98 Å². The summed E-state index contributed by atoms with van der Waals surface area (Å²) in [5.74, 6) is 1.32. The molecule has 20 heavy (non-hydrogen) atoms. The van der Waals surface area contributed by atoms with Crippen LogP contribution in [-0.4, -0.2) is 48.1 Å². The Morgan fingerprint density at radius 3 is 2.85 bits per heavy atom. The first-order valence-corrected chi connectivity index (χ1v) is 7.92. The van der Waals surface area contributed by atoms with Crippen molar-refractivity contribution in [1.29, 1.82) is 0 Å². The van der Waals surface area contributed by atoms with Crippen molar-refractivity contribution >= 4 is 33.3 Å². The summed E-state index contributed by atoms with van der Waals surface area (Å²) in [6, 6.07) is 2.15. The maximum Gasteiger partial charge on any atom is 0.223 e. The number of nitrogen functional groups attached to an aromatic ring is 1. The Kier molecular flexibility index (Phi) is 3.76. The highest BCUT2D eigenvalue weighted by molar-refractivity contribution is 7.18. The number of nitrogens with zero attached hydrogens (tertiary/aromatic N) is 4. The molecule has 1 saturated heterocycles. The molecule has 6 heteroatoms. The molecular weight excluding hydrogens is 270 g/mol. The van der Waals surface area contributed by atoms with Crippen LogP contribution >= 0.6 is 11.3 Å². The molecule has 0 bridgehead atoms. The van der Waals surface area contributed by atoms with E-state index in [1.807, 2.05) is 0 Å². The van der Waals surface area contributed by atoms with Gasteiger partial charge in [0.15, 0.2) is 0 Å². The van der Waals surface area contributed by atoms with Crippen LogP contribution in [0.1, 0.15) is 17.7 Å². The standard InChI is InChI=1S/C14H21N5S/c1-10-9-11-12(16-14(15)17-13(11)20-10)18(2)7-8-19-5-3-4-6-19/h9H,3-8H2,1-2H3,(H2,15,16,17). The molecule has 0 spiro atoms. The average molecular weight is 291 g/mol. The van der Waals surface area contributed by atoms with Crippen LogP contribution in [0.15, 0.2) is 6.07 Å². The van der Waals surface area contributed by atoms with E-state index in [0.717, 1.165) is 29.1 Å². The predicted molar refractivity (Wildman–Crippen MR) is 85.5 cm³/mol. The van der Waals surface area contributed by atoms with Gasteiger partial charge in [-0.15, -0.1) is 11.3 Å². The molecular formula is C14H21N5S. The van der Waals surface area contributed by atoms with Crippen molar-refractivity contribution in [3.05, 3.63) is 10.9 Å². The summed E-state index contributed by atoms with van der Waals surface area (Å²) in [7, 11) is 2.09. The Balaban J connectivity index is 1.80. The van der Waals surface area contributed by atoms with Gasteiger partial charge >= 0.3 is 0 Å². The van der Waals surface area contributed by atoms with E-state index in [0.29, 0.717) is 5.95 Å². The summed E-state index contributed by atoms with van der Waals surface area (Å²) in [5, 5.41) is 1.12. The van der Waals surface area contributed by atoms with E-state index in [1.165, 1.54) is 30.8 Å². The molecule has 5 nitrogen and oxygen atoms in total. The number of hydrogen-bond donors (Lipinski definition) is 1. The van der Waals surface area contributed by atoms with Gasteiger partial charge in [-0.3, -0.25) is 0 Å². The molecule has 1 fully saturated rings. The molecule has 2 aromatic heterocycles. The van der Waals surface area contributed by atoms with E-state index >= 15 is 0 Å². The third kappa shape index (κ3) is 2.71. The minimum Gasteiger partial charge on any atom is -0.368 e. The summed E-state index contributed by atoms with van der Waals surface area (Å²) in [6.45, 7) is 6.61. The van der Waals surface area contributed by atoms with Crippen molar-refractivity contribution in [2.45, 2.75) is 19.8 Å². The van der Waals surface area contributed by atoms with Crippen molar-refractivity contribution in [2.24, 2.45) is 0 Å². The van der Waals surface area contributed by atoms with Crippen molar-refractivity contribution < 1.29 is 0 Å². The van der Waals surface area contributed by atoms with Crippen LogP contribution < -0.4 is 10.6 Å². The van der Waals surface area contributed by atoms with Gasteiger partial charge in [-0.05, 0) is 38.9 Å². The number of anilines is 2. The maximum absolute atomic E-state index is 5.84. The van der Waals surface area contributed by atoms with E-state index in [2.05, 4.69) is 39.8 Å². The van der Waals surface area contributed by atoms with E-state index in [4.69, 9.17) is 5.73 Å². The minimum absolute atomic E-state index is 0.363. The molecule has 108 valence electrons. The molecule has 0 radical (unpaired) electrons. The number of rotatable bonds is 4. The summed E-state index contributed by atoms with van der Waals surface area (Å²) < 4.78 is 0. The largest absolute Gasteiger partial charge is 0.368 e. The van der Waals surface area contributed by atoms with Crippen LogP contribution in [0.3, 0.4) is 0 Å². The minimum atomic E-state index is 0.363. The molecule has 1 aliphatic rings. The molecule has 3 rings (SSSR count). The summed E-state index contributed by atoms with van der Waals surface area (Å²) in [5.41, 5.74) is 5.84. The van der Waals surface area contributed by atoms with Crippen LogP contribution in [0.5, 0.6) is 0 Å². The van der Waals surface area contributed by atoms with Crippen LogP contribution in [0.25, 0.3) is 10.2 Å². The zero-order valence-corrected chi connectivity index (χ0v) is 12.9. The molecule has 3 heterocycles. The predicted octanol–water partition coefficient (Wildman–Crippen LogP) is 2.11. The molecule has 0 amide bonds. The highest BCUT2D eigenvalue weighted by Gasteiger charge is 2.15. The highest BCUT2D eigenvalue weighted by atomic mass is 32.1. The fourth-order valence-corrected chi connectivity index (χ4v) is 3.62. The van der Waals surface area contributed by atoms with Crippen LogP contribution in [0.2, 0.25) is 0 Å². The van der Waals surface area contributed by atoms with Crippen molar-refractivity contribution in [2.75, 3.05) is 43.9 Å². The van der Waals surface area contributed by atoms with Gasteiger partial charge in [0.25, 0.3) is 0 Å². The van der Waals surface area contributed by atoms with Gasteiger partial charge in [0.2, 0.25) is 5.95 Å². The first-order valence-electron chi connectivity index (χ1n) is 7.10. The van der Waals surface area contributed by atoms with Gasteiger partial charge in [0.1, 0.15) is 10.6 Å². The number of hydrogen-bond acceptors (Lipinski definition) is 6. The summed E-state index contributed by atoms with van der Waals surface area (Å²) in [4.78, 5) is 15.7. The highest BCUT2D eigenvalue weighted by Crippen LogP contribution is 2.30. The SMILES string of the molecule is Cc1cc2c(N(C)CCN3CCCC3)nc(N)nc2s1. The first kappa shape index (κ1) is 13.6. The number of thiophene rings is 1. The zero-order chi connectivity index (χ0) is 14.1. The molecule has 1 aliphatic heterocycles. The Morgan fingerprint density at radius 2 is 2.10 bits per heavy atom. The van der Waals surface area contributed by atoms with Crippen molar-refractivity contribution in [3.8, 4) is 0 Å². The quantitative estimate of drug-likeness (QED) is 0.935. The lowest BCUT2D eigenvalue weighted by atomic mass is 10.3. The Hall–Kier alpha value is -1.40. The van der Waals surface area contributed by atoms with Gasteiger partial charge < -0.3 is 15.5 Å². The van der Waals surface area contributed by atoms with Crippen LogP contribution in [0.4, 0.5) is 11.8 Å². The van der Waals surface area contributed by atoms with Gasteiger partial charge in [0, 0.05) is 25.0 Å². The van der Waals surface area contributed by atoms with E-state index in [9.17, 15) is 0 Å². The molecule has 0 aliphatic carbocycles. The second-order valence-corrected chi connectivity index (χ2v) is 6.69. The second kappa shape index (κ2) is 5.54. The Bertz CT molecular complexity index is 603. The number of aryl methyl sites for hydroxylation is 1. The van der Waals surface area contributed by atoms with Crippen LogP contribution in [0, 0.1) is 6.92 Å². The van der Waals surface area contributed by atoms with E-state index < -0.39 is 0 Å². The lowest BCUT2D eigenvalue weighted by Gasteiger charge is -2.22. The normalized spacial score (nSPS) is 16.1. The summed E-state index contributed by atoms with van der Waals surface area (Å²) >= 11 is 1.67. The Labute approximate surface area is 123 Å². The molecule has 0 aromatic carbocycles. The zero-order valence-electron chi connectivity index (χ0n) is 12.1. The molecule has 0 unspecified atom stereocenters. The lowest BCUT2D eigenvalue weighted by Crippen LogP contribution is -2.32. The van der Waals surface area contributed by atoms with E-state index in [1.54, 1.807) is 11.3 Å². The smallest absolute Gasteiger partial charge is 0.223 e. The third-order valence-electron chi connectivity index (χ3n) is 3.83. The number of fused-ring (bicyclic) bond motifs is 1. The molecule has 0 atom stereocenters. The fourth-order valence-electron chi connectivity index (χ4n) is 2.74. The average Bonchev–Trinajstić information content (AvgIpc) is 3.03. The van der Waals surface area contributed by atoms with Gasteiger partial charge in [0.05, 0.1) is 5.39 Å². The number of likely N-dealkylation sites (N-methyl/N-ethyl adjacent to an activating group) is 1. The van der Waals surface area contributed by atoms with Crippen LogP contribution in [-0.2, 0) is 0 Å². The van der Waals surface area contributed by atoms with Crippen molar-refractivity contribution in [3.63, 3.8) is 0 Å². The molecule has 0 saturated carbocycles. The topological polar surface area (TPSA) is 58.3 Å². The monoisotopic (exact) mass is 291 g/mol. The fraction of sp³-hybridized carbons (Fsp3) is 0.571. The number of likely N-dealkylation sites (tertiary alicyclic amines) is 1.